The van der Waals surface area contributed by atoms with Crippen molar-refractivity contribution in [3.63, 3.8) is 0 Å². The molecule has 0 saturated carbocycles. The second kappa shape index (κ2) is 5.00. The molecule has 0 bridgehead atoms. The average Bonchev–Trinajstić information content (AvgIpc) is 2.72. The van der Waals surface area contributed by atoms with Crippen LogP contribution in [-0.2, 0) is 6.54 Å². The van der Waals surface area contributed by atoms with Crippen molar-refractivity contribution in [2.45, 2.75) is 6.54 Å². The van der Waals surface area contributed by atoms with E-state index >= 15 is 0 Å². The SMILES string of the molecule is NC(=S)c1ncn(Cc2c(Cl)cccc2Cl)n1. The van der Waals surface area contributed by atoms with Gasteiger partial charge < -0.3 is 5.73 Å². The lowest BCUT2D eigenvalue weighted by atomic mass is 10.2. The molecule has 1 aromatic heterocycles. The molecule has 0 aliphatic rings. The lowest BCUT2D eigenvalue weighted by molar-refractivity contribution is 0.683. The lowest BCUT2D eigenvalue weighted by Crippen LogP contribution is -2.12. The Morgan fingerprint density at radius 3 is 2.53 bits per heavy atom. The van der Waals surface area contributed by atoms with E-state index in [1.54, 1.807) is 22.9 Å². The van der Waals surface area contributed by atoms with Crippen LogP contribution in [0.25, 0.3) is 0 Å². The zero-order valence-corrected chi connectivity index (χ0v) is 10.9. The van der Waals surface area contributed by atoms with E-state index in [1.807, 2.05) is 0 Å². The van der Waals surface area contributed by atoms with Crippen LogP contribution in [0.2, 0.25) is 10.0 Å². The van der Waals surface area contributed by atoms with Crippen LogP contribution in [0.4, 0.5) is 0 Å². The van der Waals surface area contributed by atoms with E-state index in [-0.39, 0.29) is 4.99 Å². The Kier molecular flexibility index (Phi) is 3.61. The second-order valence-corrected chi connectivity index (χ2v) is 4.58. The predicted octanol–water partition coefficient (Wildman–Crippen LogP) is 2.27. The van der Waals surface area contributed by atoms with Crippen LogP contribution in [0.3, 0.4) is 0 Å². The lowest BCUT2D eigenvalue weighted by Gasteiger charge is -2.05. The minimum atomic E-state index is 0.161. The maximum Gasteiger partial charge on any atom is 0.208 e. The van der Waals surface area contributed by atoms with E-state index in [4.69, 9.17) is 41.2 Å². The highest BCUT2D eigenvalue weighted by Crippen LogP contribution is 2.24. The van der Waals surface area contributed by atoms with E-state index in [1.165, 1.54) is 6.33 Å². The molecule has 17 heavy (non-hydrogen) atoms. The van der Waals surface area contributed by atoms with E-state index in [2.05, 4.69) is 10.1 Å². The van der Waals surface area contributed by atoms with Crippen LogP contribution in [0.1, 0.15) is 11.4 Å². The maximum atomic E-state index is 6.05. The number of nitrogens with zero attached hydrogens (tertiary/aromatic N) is 3. The Hall–Kier alpha value is -1.17. The van der Waals surface area contributed by atoms with Gasteiger partial charge in [0, 0.05) is 15.6 Å². The summed E-state index contributed by atoms with van der Waals surface area (Å²) >= 11 is 16.9. The van der Waals surface area contributed by atoms with Gasteiger partial charge in [-0.2, -0.15) is 0 Å². The third kappa shape index (κ3) is 2.74. The molecular weight excluding hydrogens is 279 g/mol. The Balaban J connectivity index is 2.28. The second-order valence-electron chi connectivity index (χ2n) is 3.33. The van der Waals surface area contributed by atoms with Crippen molar-refractivity contribution in [1.29, 1.82) is 0 Å². The number of hydrogen-bond donors (Lipinski definition) is 1. The normalized spacial score (nSPS) is 10.5. The Labute approximate surface area is 113 Å². The van der Waals surface area contributed by atoms with Gasteiger partial charge in [-0.1, -0.05) is 41.5 Å². The fraction of sp³-hybridized carbons (Fsp3) is 0.100. The first-order valence-electron chi connectivity index (χ1n) is 4.70. The van der Waals surface area contributed by atoms with Gasteiger partial charge in [-0.3, -0.25) is 0 Å². The topological polar surface area (TPSA) is 56.7 Å². The van der Waals surface area contributed by atoms with Crippen LogP contribution in [0.15, 0.2) is 24.5 Å². The van der Waals surface area contributed by atoms with E-state index < -0.39 is 0 Å². The number of benzene rings is 1. The van der Waals surface area contributed by atoms with Crippen LogP contribution in [0.5, 0.6) is 0 Å². The quantitative estimate of drug-likeness (QED) is 0.880. The molecule has 88 valence electrons. The number of thiocarbonyl (C=S) groups is 1. The van der Waals surface area contributed by atoms with Crippen molar-refractivity contribution >= 4 is 40.4 Å². The molecule has 0 unspecified atom stereocenters. The van der Waals surface area contributed by atoms with Gasteiger partial charge in [0.25, 0.3) is 0 Å². The largest absolute Gasteiger partial charge is 0.387 e. The Bertz CT molecular complexity index is 547. The van der Waals surface area contributed by atoms with Gasteiger partial charge in [0.15, 0.2) is 0 Å². The molecule has 0 fully saturated rings. The van der Waals surface area contributed by atoms with Gasteiger partial charge in [0.1, 0.15) is 11.3 Å². The van der Waals surface area contributed by atoms with Crippen molar-refractivity contribution in [2.24, 2.45) is 5.73 Å². The summed E-state index contributed by atoms with van der Waals surface area (Å²) in [6.07, 6.45) is 1.54. The molecule has 0 radical (unpaired) electrons. The van der Waals surface area contributed by atoms with Crippen LogP contribution in [-0.4, -0.2) is 19.8 Å². The summed E-state index contributed by atoms with van der Waals surface area (Å²) in [5.74, 6) is 0.336. The minimum Gasteiger partial charge on any atom is -0.387 e. The molecule has 2 aromatic rings. The first-order chi connectivity index (χ1) is 8.08. The van der Waals surface area contributed by atoms with Crippen LogP contribution in [0, 0.1) is 0 Å². The summed E-state index contributed by atoms with van der Waals surface area (Å²) in [6, 6.07) is 5.33. The molecule has 7 heteroatoms. The van der Waals surface area contributed by atoms with Crippen molar-refractivity contribution < 1.29 is 0 Å². The van der Waals surface area contributed by atoms with Crippen LogP contribution < -0.4 is 5.73 Å². The zero-order chi connectivity index (χ0) is 12.4. The number of aromatic nitrogens is 3. The van der Waals surface area contributed by atoms with Crippen molar-refractivity contribution in [3.8, 4) is 0 Å². The molecule has 0 atom stereocenters. The maximum absolute atomic E-state index is 6.05. The molecular formula is C10H8Cl2N4S. The molecule has 0 aliphatic carbocycles. The summed E-state index contributed by atoms with van der Waals surface area (Å²) in [5, 5.41) is 5.29. The van der Waals surface area contributed by atoms with Gasteiger partial charge in [0.2, 0.25) is 5.82 Å². The molecule has 0 spiro atoms. The van der Waals surface area contributed by atoms with E-state index in [0.717, 1.165) is 5.56 Å². The highest BCUT2D eigenvalue weighted by Gasteiger charge is 2.08. The van der Waals surface area contributed by atoms with E-state index in [9.17, 15) is 0 Å². The minimum absolute atomic E-state index is 0.161. The van der Waals surface area contributed by atoms with Gasteiger partial charge in [-0.15, -0.1) is 5.10 Å². The summed E-state index contributed by atoms with van der Waals surface area (Å²) in [7, 11) is 0. The van der Waals surface area contributed by atoms with E-state index in [0.29, 0.717) is 22.4 Å². The number of hydrogen-bond acceptors (Lipinski definition) is 3. The van der Waals surface area contributed by atoms with Crippen LogP contribution >= 0.6 is 35.4 Å². The Morgan fingerprint density at radius 1 is 1.35 bits per heavy atom. The van der Waals surface area contributed by atoms with Crippen molar-refractivity contribution in [1.82, 2.24) is 14.8 Å². The van der Waals surface area contributed by atoms with Crippen molar-refractivity contribution in [3.05, 3.63) is 46.0 Å². The first-order valence-corrected chi connectivity index (χ1v) is 5.86. The van der Waals surface area contributed by atoms with Gasteiger partial charge >= 0.3 is 0 Å². The smallest absolute Gasteiger partial charge is 0.208 e. The Morgan fingerprint density at radius 2 is 2.00 bits per heavy atom. The molecule has 4 nitrogen and oxygen atoms in total. The third-order valence-electron chi connectivity index (χ3n) is 2.14. The predicted molar refractivity (Wildman–Crippen MR) is 71.5 cm³/mol. The monoisotopic (exact) mass is 286 g/mol. The highest BCUT2D eigenvalue weighted by atomic mass is 35.5. The summed E-state index contributed by atoms with van der Waals surface area (Å²) < 4.78 is 1.58. The first kappa shape index (κ1) is 12.3. The van der Waals surface area contributed by atoms with Gasteiger partial charge in [-0.25, -0.2) is 9.67 Å². The van der Waals surface area contributed by atoms with Gasteiger partial charge in [-0.05, 0) is 12.1 Å². The third-order valence-corrected chi connectivity index (χ3v) is 3.03. The summed E-state index contributed by atoms with van der Waals surface area (Å²) in [4.78, 5) is 4.13. The molecule has 2 N–H and O–H groups in total. The number of halogens is 2. The standard InChI is InChI=1S/C10H8Cl2N4S/c11-7-2-1-3-8(12)6(7)4-16-5-14-10(15-16)9(13)17/h1-3,5H,4H2,(H2,13,17). The molecule has 1 heterocycles. The van der Waals surface area contributed by atoms with Crippen molar-refractivity contribution in [2.75, 3.05) is 0 Å². The molecule has 0 amide bonds. The number of nitrogens with two attached hydrogens (primary N) is 1. The number of rotatable bonds is 3. The van der Waals surface area contributed by atoms with Gasteiger partial charge in [0.05, 0.1) is 6.54 Å². The molecule has 0 aliphatic heterocycles. The zero-order valence-electron chi connectivity index (χ0n) is 8.60. The fourth-order valence-corrected chi connectivity index (χ4v) is 1.94. The highest BCUT2D eigenvalue weighted by molar-refractivity contribution is 7.80. The molecule has 0 saturated heterocycles. The molecule has 1 aromatic carbocycles. The fourth-order valence-electron chi connectivity index (χ4n) is 1.33. The molecule has 2 rings (SSSR count). The average molecular weight is 287 g/mol. The summed E-state index contributed by atoms with van der Waals surface area (Å²) in [5.41, 5.74) is 6.21. The summed E-state index contributed by atoms with van der Waals surface area (Å²) in [6.45, 7) is 0.425.